The first-order valence-electron chi connectivity index (χ1n) is 8.51. The van der Waals surface area contributed by atoms with Crippen molar-refractivity contribution < 1.29 is 4.39 Å². The number of nitrogens with two attached hydrogens (primary N) is 1. The smallest absolute Gasteiger partial charge is 0.191 e. The number of thiazole rings is 1. The molecule has 7 heteroatoms. The molecular weight excluding hydrogens is 337 g/mol. The lowest BCUT2D eigenvalue weighted by atomic mass is 10.2. The SMILES string of the molecule is Cc1nc(CCN=C(N)N2CCN(c3ccc(F)cc3)CC2)sc1C. The molecule has 2 aromatic rings. The van der Waals surface area contributed by atoms with E-state index in [1.54, 1.807) is 11.3 Å². The number of aryl methyl sites for hydroxylation is 2. The highest BCUT2D eigenvalue weighted by Gasteiger charge is 2.18. The lowest BCUT2D eigenvalue weighted by Gasteiger charge is -2.36. The Labute approximate surface area is 152 Å². The summed E-state index contributed by atoms with van der Waals surface area (Å²) in [6.07, 6.45) is 0.829. The van der Waals surface area contributed by atoms with Gasteiger partial charge in [0.25, 0.3) is 0 Å². The molecule has 134 valence electrons. The van der Waals surface area contributed by atoms with Crippen molar-refractivity contribution in [3.8, 4) is 0 Å². The maximum atomic E-state index is 13.0. The molecule has 0 spiro atoms. The van der Waals surface area contributed by atoms with Gasteiger partial charge in [0.15, 0.2) is 5.96 Å². The summed E-state index contributed by atoms with van der Waals surface area (Å²) in [6.45, 7) is 8.14. The van der Waals surface area contributed by atoms with Crippen molar-refractivity contribution in [2.24, 2.45) is 10.7 Å². The molecule has 1 aromatic carbocycles. The number of piperazine rings is 1. The summed E-state index contributed by atoms with van der Waals surface area (Å²) in [5.41, 5.74) is 8.30. The molecule has 1 fully saturated rings. The highest BCUT2D eigenvalue weighted by atomic mass is 32.1. The molecule has 2 N–H and O–H groups in total. The third-order valence-electron chi connectivity index (χ3n) is 4.47. The number of benzene rings is 1. The average molecular weight is 361 g/mol. The Bertz CT molecular complexity index is 713. The van der Waals surface area contributed by atoms with Crippen molar-refractivity contribution in [3.05, 3.63) is 45.7 Å². The van der Waals surface area contributed by atoms with Gasteiger partial charge in [-0.1, -0.05) is 0 Å². The van der Waals surface area contributed by atoms with Gasteiger partial charge in [0, 0.05) is 49.7 Å². The second-order valence-corrected chi connectivity index (χ2v) is 7.48. The van der Waals surface area contributed by atoms with Crippen molar-refractivity contribution in [2.45, 2.75) is 20.3 Å². The van der Waals surface area contributed by atoms with Crippen LogP contribution in [0.15, 0.2) is 29.3 Å². The molecular formula is C18H24FN5S. The molecule has 1 aromatic heterocycles. The molecule has 0 atom stereocenters. The Balaban J connectivity index is 1.49. The van der Waals surface area contributed by atoms with Crippen molar-refractivity contribution in [1.29, 1.82) is 0 Å². The number of guanidine groups is 1. The fourth-order valence-corrected chi connectivity index (χ4v) is 3.78. The Hall–Kier alpha value is -2.15. The predicted molar refractivity (Wildman–Crippen MR) is 102 cm³/mol. The number of aliphatic imine (C=N–C) groups is 1. The number of anilines is 1. The highest BCUT2D eigenvalue weighted by molar-refractivity contribution is 7.11. The van der Waals surface area contributed by atoms with Gasteiger partial charge < -0.3 is 15.5 Å². The van der Waals surface area contributed by atoms with Crippen LogP contribution in [-0.2, 0) is 6.42 Å². The minimum absolute atomic E-state index is 0.204. The normalized spacial score (nSPS) is 15.7. The standard InChI is InChI=1S/C18H24FN5S/c1-13-14(2)25-17(22-13)7-8-21-18(20)24-11-9-23(10-12-24)16-5-3-15(19)4-6-16/h3-6H,7-12H2,1-2H3,(H2,20,21). The fraction of sp³-hybridized carbons (Fsp3) is 0.444. The van der Waals surface area contributed by atoms with Crippen LogP contribution in [-0.4, -0.2) is 48.6 Å². The van der Waals surface area contributed by atoms with Gasteiger partial charge in [0.2, 0.25) is 0 Å². The second-order valence-electron chi connectivity index (χ2n) is 6.19. The summed E-state index contributed by atoms with van der Waals surface area (Å²) in [7, 11) is 0. The molecule has 1 aliphatic rings. The van der Waals surface area contributed by atoms with E-state index in [4.69, 9.17) is 5.73 Å². The predicted octanol–water partition coefficient (Wildman–Crippen LogP) is 2.58. The van der Waals surface area contributed by atoms with Crippen molar-refractivity contribution in [3.63, 3.8) is 0 Å². The summed E-state index contributed by atoms with van der Waals surface area (Å²) in [5, 5.41) is 1.12. The molecule has 0 unspecified atom stereocenters. The second kappa shape index (κ2) is 7.82. The minimum atomic E-state index is -0.204. The third kappa shape index (κ3) is 4.48. The number of halogens is 1. The first-order valence-corrected chi connectivity index (χ1v) is 9.33. The van der Waals surface area contributed by atoms with Crippen molar-refractivity contribution in [2.75, 3.05) is 37.6 Å². The molecule has 0 aliphatic carbocycles. The fourth-order valence-electron chi connectivity index (χ4n) is 2.86. The Morgan fingerprint density at radius 3 is 2.48 bits per heavy atom. The number of hydrogen-bond acceptors (Lipinski definition) is 4. The summed E-state index contributed by atoms with van der Waals surface area (Å²) in [6, 6.07) is 6.64. The molecule has 5 nitrogen and oxygen atoms in total. The van der Waals surface area contributed by atoms with Crippen LogP contribution in [0, 0.1) is 19.7 Å². The maximum absolute atomic E-state index is 13.0. The van der Waals surface area contributed by atoms with Crippen LogP contribution in [0.25, 0.3) is 0 Å². The Morgan fingerprint density at radius 1 is 1.20 bits per heavy atom. The maximum Gasteiger partial charge on any atom is 0.191 e. The largest absolute Gasteiger partial charge is 0.370 e. The van der Waals surface area contributed by atoms with E-state index in [0.717, 1.165) is 49.0 Å². The molecule has 2 heterocycles. The summed E-state index contributed by atoms with van der Waals surface area (Å²) >= 11 is 1.73. The first kappa shape index (κ1) is 17.7. The lowest BCUT2D eigenvalue weighted by Crippen LogP contribution is -2.51. The van der Waals surface area contributed by atoms with Crippen molar-refractivity contribution in [1.82, 2.24) is 9.88 Å². The molecule has 0 saturated carbocycles. The number of hydrogen-bond donors (Lipinski definition) is 1. The minimum Gasteiger partial charge on any atom is -0.370 e. The summed E-state index contributed by atoms with van der Waals surface area (Å²) < 4.78 is 13.0. The Morgan fingerprint density at radius 2 is 1.88 bits per heavy atom. The van der Waals surface area contributed by atoms with Gasteiger partial charge in [-0.2, -0.15) is 0 Å². The van der Waals surface area contributed by atoms with E-state index in [-0.39, 0.29) is 5.82 Å². The van der Waals surface area contributed by atoms with Gasteiger partial charge in [0.1, 0.15) is 5.82 Å². The molecule has 25 heavy (non-hydrogen) atoms. The molecule has 3 rings (SSSR count). The van der Waals surface area contributed by atoms with Crippen LogP contribution in [0.2, 0.25) is 0 Å². The monoisotopic (exact) mass is 361 g/mol. The van der Waals surface area contributed by atoms with Gasteiger partial charge in [-0.3, -0.25) is 4.99 Å². The van der Waals surface area contributed by atoms with Crippen LogP contribution in [0.1, 0.15) is 15.6 Å². The van der Waals surface area contributed by atoms with E-state index in [1.165, 1.54) is 17.0 Å². The molecule has 0 bridgehead atoms. The highest BCUT2D eigenvalue weighted by Crippen LogP contribution is 2.18. The van der Waals surface area contributed by atoms with E-state index >= 15 is 0 Å². The summed E-state index contributed by atoms with van der Waals surface area (Å²) in [5.74, 6) is 0.396. The van der Waals surface area contributed by atoms with Crippen LogP contribution in [0.3, 0.4) is 0 Å². The number of aromatic nitrogens is 1. The number of nitrogens with zero attached hydrogens (tertiary/aromatic N) is 4. The molecule has 0 amide bonds. The van der Waals surface area contributed by atoms with Gasteiger partial charge in [0.05, 0.1) is 10.7 Å². The van der Waals surface area contributed by atoms with Gasteiger partial charge in [-0.25, -0.2) is 9.37 Å². The van der Waals surface area contributed by atoms with Gasteiger partial charge >= 0.3 is 0 Å². The third-order valence-corrected chi connectivity index (χ3v) is 5.60. The number of rotatable bonds is 4. The average Bonchev–Trinajstić information content (AvgIpc) is 2.93. The zero-order chi connectivity index (χ0) is 17.8. The van der Waals surface area contributed by atoms with E-state index in [2.05, 4.69) is 26.7 Å². The van der Waals surface area contributed by atoms with Crippen molar-refractivity contribution >= 4 is 23.0 Å². The molecule has 1 saturated heterocycles. The van der Waals surface area contributed by atoms with Crippen LogP contribution >= 0.6 is 11.3 Å². The molecule has 1 aliphatic heterocycles. The van der Waals surface area contributed by atoms with E-state index < -0.39 is 0 Å². The zero-order valence-electron chi connectivity index (χ0n) is 14.7. The van der Waals surface area contributed by atoms with Gasteiger partial charge in [-0.15, -0.1) is 11.3 Å². The zero-order valence-corrected chi connectivity index (χ0v) is 15.5. The van der Waals surface area contributed by atoms with Gasteiger partial charge in [-0.05, 0) is 38.1 Å². The van der Waals surface area contributed by atoms with E-state index in [0.29, 0.717) is 12.5 Å². The van der Waals surface area contributed by atoms with Crippen LogP contribution < -0.4 is 10.6 Å². The quantitative estimate of drug-likeness (QED) is 0.672. The van der Waals surface area contributed by atoms with Crippen LogP contribution in [0.5, 0.6) is 0 Å². The molecule has 0 radical (unpaired) electrons. The van der Waals surface area contributed by atoms with E-state index in [9.17, 15) is 4.39 Å². The van der Waals surface area contributed by atoms with E-state index in [1.807, 2.05) is 19.1 Å². The Kier molecular flexibility index (Phi) is 5.53. The topological polar surface area (TPSA) is 57.8 Å². The lowest BCUT2D eigenvalue weighted by molar-refractivity contribution is 0.381. The summed E-state index contributed by atoms with van der Waals surface area (Å²) in [4.78, 5) is 14.7. The first-order chi connectivity index (χ1) is 12.0. The van der Waals surface area contributed by atoms with Crippen LogP contribution in [0.4, 0.5) is 10.1 Å².